The van der Waals surface area contributed by atoms with E-state index >= 15 is 0 Å². The van der Waals surface area contributed by atoms with E-state index < -0.39 is 15.9 Å². The third-order valence-electron chi connectivity index (χ3n) is 6.21. The lowest BCUT2D eigenvalue weighted by Crippen LogP contribution is -2.60. The summed E-state index contributed by atoms with van der Waals surface area (Å²) in [7, 11) is -2.17. The number of hydrogen-bond acceptors (Lipinski definition) is 6. The van der Waals surface area contributed by atoms with Gasteiger partial charge in [0.25, 0.3) is 0 Å². The molecule has 1 saturated heterocycles. The maximum atomic E-state index is 13.1. The van der Waals surface area contributed by atoms with E-state index in [4.69, 9.17) is 11.6 Å². The number of fused-ring (bicyclic) bond motifs is 1. The van der Waals surface area contributed by atoms with E-state index in [1.54, 1.807) is 36.5 Å². The molecule has 35 heavy (non-hydrogen) atoms. The quantitative estimate of drug-likeness (QED) is 0.543. The summed E-state index contributed by atoms with van der Waals surface area (Å²) in [6, 6.07) is 13.1. The van der Waals surface area contributed by atoms with Gasteiger partial charge in [0.1, 0.15) is 6.04 Å². The number of hydrogen-bond donors (Lipinski definition) is 1. The summed E-state index contributed by atoms with van der Waals surface area (Å²) >= 11 is 6.01. The van der Waals surface area contributed by atoms with Crippen molar-refractivity contribution in [3.05, 3.63) is 65.4 Å². The largest absolute Gasteiger partial charge is 0.367 e. The summed E-state index contributed by atoms with van der Waals surface area (Å²) in [5.41, 5.74) is 1.79. The molecule has 10 heteroatoms. The van der Waals surface area contributed by atoms with Gasteiger partial charge in [-0.15, -0.1) is 0 Å². The molecule has 1 N–H and O–H groups in total. The number of piperazine rings is 1. The van der Waals surface area contributed by atoms with E-state index in [0.717, 1.165) is 22.2 Å². The number of pyridine rings is 1. The van der Waals surface area contributed by atoms with E-state index in [1.165, 1.54) is 18.0 Å². The van der Waals surface area contributed by atoms with Crippen molar-refractivity contribution >= 4 is 49.7 Å². The van der Waals surface area contributed by atoms with Crippen molar-refractivity contribution < 1.29 is 18.0 Å². The van der Waals surface area contributed by atoms with E-state index in [9.17, 15) is 18.0 Å². The van der Waals surface area contributed by atoms with Crippen LogP contribution in [0.15, 0.2) is 59.6 Å². The number of halogens is 1. The zero-order valence-corrected chi connectivity index (χ0v) is 21.1. The van der Waals surface area contributed by atoms with E-state index in [2.05, 4.69) is 10.3 Å². The molecule has 1 atom stereocenters. The van der Waals surface area contributed by atoms with Crippen LogP contribution in [0.5, 0.6) is 0 Å². The highest BCUT2D eigenvalue weighted by Gasteiger charge is 2.35. The van der Waals surface area contributed by atoms with Gasteiger partial charge in [0, 0.05) is 55.7 Å². The summed E-state index contributed by atoms with van der Waals surface area (Å²) in [6.45, 7) is 3.05. The highest BCUT2D eigenvalue weighted by Crippen LogP contribution is 2.24. The van der Waals surface area contributed by atoms with Gasteiger partial charge in [-0.2, -0.15) is 0 Å². The third-order valence-corrected chi connectivity index (χ3v) is 8.16. The normalized spacial score (nSPS) is 16.4. The topological polar surface area (TPSA) is 99.7 Å². The standard InChI is InChI=1S/C25H27ClN4O4S/c1-17-13-21(7-9-28-17)29-10-11-30(23(16-29)25(32)27-2)24(31)8-12-35(33,34)22-6-4-18-14-20(26)5-3-19(18)15-22/h3-7,9,13-15,23H,8,10-12,16H2,1-2H3,(H,27,32). The van der Waals surface area contributed by atoms with Crippen LogP contribution in [0.4, 0.5) is 5.69 Å². The first-order valence-corrected chi connectivity index (χ1v) is 13.3. The second-order valence-corrected chi connectivity index (χ2v) is 11.1. The number of likely N-dealkylation sites (N-methyl/N-ethyl adjacent to an activating group) is 1. The molecule has 0 aliphatic carbocycles. The summed E-state index contributed by atoms with van der Waals surface area (Å²) in [4.78, 5) is 33.6. The molecule has 1 aliphatic rings. The number of sulfone groups is 1. The Hall–Kier alpha value is -3.17. The van der Waals surface area contributed by atoms with Crippen molar-refractivity contribution in [2.24, 2.45) is 0 Å². The van der Waals surface area contributed by atoms with Crippen LogP contribution >= 0.6 is 11.6 Å². The van der Waals surface area contributed by atoms with Crippen molar-refractivity contribution in [2.75, 3.05) is 37.3 Å². The van der Waals surface area contributed by atoms with Crippen LogP contribution in [0.1, 0.15) is 12.1 Å². The van der Waals surface area contributed by atoms with Gasteiger partial charge in [0.2, 0.25) is 11.8 Å². The van der Waals surface area contributed by atoms with E-state index in [-0.39, 0.29) is 28.9 Å². The molecule has 184 valence electrons. The first-order chi connectivity index (χ1) is 16.7. The first-order valence-electron chi connectivity index (χ1n) is 11.3. The van der Waals surface area contributed by atoms with Crippen molar-refractivity contribution in [1.82, 2.24) is 15.2 Å². The number of rotatable bonds is 6. The molecule has 1 unspecified atom stereocenters. The number of aryl methyl sites for hydroxylation is 1. The maximum absolute atomic E-state index is 13.1. The van der Waals surface area contributed by atoms with Gasteiger partial charge in [-0.05, 0) is 54.1 Å². The molecule has 3 aromatic rings. The van der Waals surface area contributed by atoms with Gasteiger partial charge in [-0.1, -0.05) is 23.7 Å². The minimum Gasteiger partial charge on any atom is -0.367 e. The molecule has 0 saturated carbocycles. The van der Waals surface area contributed by atoms with Crippen LogP contribution in [0, 0.1) is 6.92 Å². The molecule has 1 aromatic heterocycles. The van der Waals surface area contributed by atoms with E-state index in [0.29, 0.717) is 24.7 Å². The first kappa shape index (κ1) is 24.9. The van der Waals surface area contributed by atoms with Crippen LogP contribution in [0.3, 0.4) is 0 Å². The Morgan fingerprint density at radius 3 is 2.57 bits per heavy atom. The number of benzene rings is 2. The fourth-order valence-corrected chi connectivity index (χ4v) is 5.75. The number of nitrogens with one attached hydrogen (secondary N) is 1. The summed E-state index contributed by atoms with van der Waals surface area (Å²) < 4.78 is 26.0. The van der Waals surface area contributed by atoms with Gasteiger partial charge in [0.15, 0.2) is 9.84 Å². The maximum Gasteiger partial charge on any atom is 0.244 e. The number of carbonyl (C=O) groups excluding carboxylic acids is 2. The molecule has 0 bridgehead atoms. The lowest BCUT2D eigenvalue weighted by molar-refractivity contribution is -0.140. The van der Waals surface area contributed by atoms with Gasteiger partial charge in [-0.3, -0.25) is 14.6 Å². The number of anilines is 1. The average molecular weight is 515 g/mol. The van der Waals surface area contributed by atoms with Crippen molar-refractivity contribution in [1.29, 1.82) is 0 Å². The number of nitrogens with zero attached hydrogens (tertiary/aromatic N) is 3. The molecule has 0 radical (unpaired) electrons. The fourth-order valence-electron chi connectivity index (χ4n) is 4.31. The predicted molar refractivity (Wildman–Crippen MR) is 136 cm³/mol. The van der Waals surface area contributed by atoms with Gasteiger partial charge < -0.3 is 15.1 Å². The lowest BCUT2D eigenvalue weighted by atomic mass is 10.1. The average Bonchev–Trinajstić information content (AvgIpc) is 2.86. The van der Waals surface area contributed by atoms with Gasteiger partial charge in [-0.25, -0.2) is 8.42 Å². The Labute approximate surface area is 209 Å². The van der Waals surface area contributed by atoms with Crippen LogP contribution in [-0.2, 0) is 19.4 Å². The summed E-state index contributed by atoms with van der Waals surface area (Å²) in [6.07, 6.45) is 1.51. The number of aromatic nitrogens is 1. The molecular formula is C25H27ClN4O4S. The monoisotopic (exact) mass is 514 g/mol. The Balaban J connectivity index is 1.47. The lowest BCUT2D eigenvalue weighted by Gasteiger charge is -2.41. The van der Waals surface area contributed by atoms with Crippen LogP contribution in [-0.4, -0.2) is 68.6 Å². The minimum absolute atomic E-state index is 0.154. The highest BCUT2D eigenvalue weighted by molar-refractivity contribution is 7.91. The Bertz CT molecular complexity index is 1380. The van der Waals surface area contributed by atoms with Crippen molar-refractivity contribution in [3.63, 3.8) is 0 Å². The minimum atomic E-state index is -3.70. The van der Waals surface area contributed by atoms with Crippen molar-refractivity contribution in [2.45, 2.75) is 24.3 Å². The van der Waals surface area contributed by atoms with E-state index in [1.807, 2.05) is 24.0 Å². The second kappa shape index (κ2) is 10.2. The molecule has 0 spiro atoms. The predicted octanol–water partition coefficient (Wildman–Crippen LogP) is 2.82. The molecular weight excluding hydrogens is 488 g/mol. The van der Waals surface area contributed by atoms with Crippen molar-refractivity contribution in [3.8, 4) is 0 Å². The molecule has 2 heterocycles. The number of amides is 2. The summed E-state index contributed by atoms with van der Waals surface area (Å²) in [5, 5.41) is 4.79. The number of carbonyl (C=O) groups is 2. The molecule has 1 aliphatic heterocycles. The van der Waals surface area contributed by atoms with Crippen LogP contribution < -0.4 is 10.2 Å². The molecule has 4 rings (SSSR count). The molecule has 8 nitrogen and oxygen atoms in total. The second-order valence-electron chi connectivity index (χ2n) is 8.54. The van der Waals surface area contributed by atoms with Gasteiger partial charge >= 0.3 is 0 Å². The Morgan fingerprint density at radius 2 is 1.83 bits per heavy atom. The molecule has 1 fully saturated rings. The van der Waals surface area contributed by atoms with Gasteiger partial charge in [0.05, 0.1) is 10.6 Å². The molecule has 2 aromatic carbocycles. The Morgan fingerprint density at radius 1 is 1.09 bits per heavy atom. The SMILES string of the molecule is CNC(=O)C1CN(c2ccnc(C)c2)CCN1C(=O)CCS(=O)(=O)c1ccc2cc(Cl)ccc2c1. The fraction of sp³-hybridized carbons (Fsp3) is 0.320. The van der Waals surface area contributed by atoms with Crippen LogP contribution in [0.2, 0.25) is 5.02 Å². The van der Waals surface area contributed by atoms with Crippen LogP contribution in [0.25, 0.3) is 10.8 Å². The molecule has 2 amide bonds. The zero-order valence-electron chi connectivity index (χ0n) is 19.6. The zero-order chi connectivity index (χ0) is 25.2. The highest BCUT2D eigenvalue weighted by atomic mass is 35.5. The third kappa shape index (κ3) is 5.57. The Kier molecular flexibility index (Phi) is 7.28. The smallest absolute Gasteiger partial charge is 0.244 e. The summed E-state index contributed by atoms with van der Waals surface area (Å²) in [5.74, 6) is -0.986.